The number of aryl methyl sites for hydroxylation is 1. The fourth-order valence-electron chi connectivity index (χ4n) is 1.84. The van der Waals surface area contributed by atoms with Crippen LogP contribution < -0.4 is 4.74 Å². The summed E-state index contributed by atoms with van der Waals surface area (Å²) in [7, 11) is 1.72. The Kier molecular flexibility index (Phi) is 4.24. The zero-order chi connectivity index (χ0) is 12.3. The van der Waals surface area contributed by atoms with E-state index in [0.717, 1.165) is 12.2 Å². The summed E-state index contributed by atoms with van der Waals surface area (Å²) in [5, 5.41) is 2.07. The van der Waals surface area contributed by atoms with Crippen molar-refractivity contribution in [2.75, 3.05) is 7.11 Å². The minimum atomic E-state index is 0.319. The molecule has 0 fully saturated rings. The van der Waals surface area contributed by atoms with Crippen LogP contribution in [0.25, 0.3) is 0 Å². The topological polar surface area (TPSA) is 9.23 Å². The summed E-state index contributed by atoms with van der Waals surface area (Å²) in [4.78, 5) is 1.58. The van der Waals surface area contributed by atoms with Gasteiger partial charge >= 0.3 is 0 Å². The average Bonchev–Trinajstić information content (AvgIpc) is 2.77. The lowest BCUT2D eigenvalue weighted by molar-refractivity contribution is 0.412. The second kappa shape index (κ2) is 5.69. The molecule has 17 heavy (non-hydrogen) atoms. The van der Waals surface area contributed by atoms with Crippen molar-refractivity contribution in [1.82, 2.24) is 0 Å². The van der Waals surface area contributed by atoms with Gasteiger partial charge in [0.15, 0.2) is 0 Å². The number of rotatable bonds is 4. The number of halogens is 1. The Morgan fingerprint density at radius 2 is 2.18 bits per heavy atom. The third-order valence-corrected chi connectivity index (χ3v) is 4.76. The van der Waals surface area contributed by atoms with Gasteiger partial charge in [0.05, 0.1) is 16.8 Å². The van der Waals surface area contributed by atoms with E-state index in [0.29, 0.717) is 4.83 Å². The third-order valence-electron chi connectivity index (χ3n) is 2.66. The van der Waals surface area contributed by atoms with Gasteiger partial charge in [0.25, 0.3) is 0 Å². The van der Waals surface area contributed by atoms with Crippen molar-refractivity contribution >= 4 is 27.3 Å². The second-order valence-electron chi connectivity index (χ2n) is 4.01. The highest BCUT2D eigenvalue weighted by atomic mass is 79.9. The molecule has 1 aromatic carbocycles. The first kappa shape index (κ1) is 12.7. The Balaban J connectivity index is 2.14. The van der Waals surface area contributed by atoms with E-state index < -0.39 is 0 Å². The Hall–Kier alpha value is -0.800. The van der Waals surface area contributed by atoms with Crippen LogP contribution in [0, 0.1) is 6.92 Å². The molecule has 2 aromatic rings. The normalized spacial score (nSPS) is 12.4. The number of methoxy groups -OCH3 is 1. The molecule has 90 valence electrons. The van der Waals surface area contributed by atoms with Gasteiger partial charge in [-0.3, -0.25) is 0 Å². The molecule has 0 bridgehead atoms. The molecule has 1 heterocycles. The van der Waals surface area contributed by atoms with E-state index in [9.17, 15) is 0 Å². The van der Waals surface area contributed by atoms with Crippen molar-refractivity contribution in [3.8, 4) is 5.75 Å². The highest BCUT2D eigenvalue weighted by Crippen LogP contribution is 2.37. The highest BCUT2D eigenvalue weighted by Gasteiger charge is 2.15. The first-order chi connectivity index (χ1) is 8.20. The molecule has 2 rings (SSSR count). The standard InChI is InChI=1S/C14H15BrOS/c1-10-4-3-5-11(8-10)9-12(15)14-13(16-2)6-7-17-14/h3-8,12H,9H2,1-2H3. The van der Waals surface area contributed by atoms with Gasteiger partial charge in [-0.15, -0.1) is 11.3 Å². The third kappa shape index (κ3) is 3.11. The Bertz CT molecular complexity index is 492. The van der Waals surface area contributed by atoms with Crippen molar-refractivity contribution in [2.45, 2.75) is 18.2 Å². The lowest BCUT2D eigenvalue weighted by Crippen LogP contribution is -1.95. The Morgan fingerprint density at radius 1 is 1.35 bits per heavy atom. The Morgan fingerprint density at radius 3 is 2.88 bits per heavy atom. The average molecular weight is 311 g/mol. The van der Waals surface area contributed by atoms with E-state index in [4.69, 9.17) is 4.74 Å². The summed E-state index contributed by atoms with van der Waals surface area (Å²) < 4.78 is 5.35. The van der Waals surface area contributed by atoms with Crippen LogP contribution in [0.1, 0.15) is 20.8 Å². The number of hydrogen-bond acceptors (Lipinski definition) is 2. The molecular weight excluding hydrogens is 296 g/mol. The number of benzene rings is 1. The maximum Gasteiger partial charge on any atom is 0.133 e. The van der Waals surface area contributed by atoms with Gasteiger partial charge in [-0.25, -0.2) is 0 Å². The van der Waals surface area contributed by atoms with Crippen LogP contribution in [-0.2, 0) is 6.42 Å². The van der Waals surface area contributed by atoms with Crippen molar-refractivity contribution in [3.05, 3.63) is 51.7 Å². The summed E-state index contributed by atoms with van der Waals surface area (Å²) in [6.07, 6.45) is 0.985. The minimum Gasteiger partial charge on any atom is -0.496 e. The van der Waals surface area contributed by atoms with Crippen molar-refractivity contribution in [2.24, 2.45) is 0 Å². The zero-order valence-electron chi connectivity index (χ0n) is 9.94. The summed E-state index contributed by atoms with van der Waals surface area (Å²) in [6.45, 7) is 2.12. The molecule has 0 aliphatic rings. The molecule has 0 amide bonds. The van der Waals surface area contributed by atoms with E-state index in [-0.39, 0.29) is 0 Å². The second-order valence-corrected chi connectivity index (χ2v) is 6.07. The van der Waals surface area contributed by atoms with Gasteiger partial charge < -0.3 is 4.74 Å². The maximum atomic E-state index is 5.35. The molecule has 0 spiro atoms. The molecule has 0 N–H and O–H groups in total. The summed E-state index contributed by atoms with van der Waals surface area (Å²) >= 11 is 5.48. The quantitative estimate of drug-likeness (QED) is 0.741. The molecular formula is C14H15BrOS. The summed E-state index contributed by atoms with van der Waals surface area (Å²) in [6, 6.07) is 10.6. The van der Waals surface area contributed by atoms with Gasteiger partial charge in [0, 0.05) is 0 Å². The fraction of sp³-hybridized carbons (Fsp3) is 0.286. The molecule has 1 nitrogen and oxygen atoms in total. The predicted molar refractivity (Wildman–Crippen MR) is 77.4 cm³/mol. The predicted octanol–water partition coefficient (Wildman–Crippen LogP) is 4.74. The lowest BCUT2D eigenvalue weighted by Gasteiger charge is -2.10. The number of ether oxygens (including phenoxy) is 1. The van der Waals surface area contributed by atoms with Gasteiger partial charge in [-0.1, -0.05) is 45.8 Å². The van der Waals surface area contributed by atoms with Crippen molar-refractivity contribution in [3.63, 3.8) is 0 Å². The zero-order valence-corrected chi connectivity index (χ0v) is 12.3. The molecule has 0 aliphatic carbocycles. The maximum absolute atomic E-state index is 5.35. The van der Waals surface area contributed by atoms with Crippen molar-refractivity contribution in [1.29, 1.82) is 0 Å². The first-order valence-corrected chi connectivity index (χ1v) is 7.31. The van der Waals surface area contributed by atoms with Gasteiger partial charge in [-0.2, -0.15) is 0 Å². The van der Waals surface area contributed by atoms with E-state index in [2.05, 4.69) is 52.5 Å². The van der Waals surface area contributed by atoms with Crippen LogP contribution in [0.5, 0.6) is 5.75 Å². The van der Waals surface area contributed by atoms with Crippen LogP contribution in [0.4, 0.5) is 0 Å². The van der Waals surface area contributed by atoms with Crippen molar-refractivity contribution < 1.29 is 4.74 Å². The molecule has 0 saturated heterocycles. The SMILES string of the molecule is COc1ccsc1C(Br)Cc1cccc(C)c1. The lowest BCUT2D eigenvalue weighted by atomic mass is 10.1. The van der Waals surface area contributed by atoms with Crippen LogP contribution in [0.2, 0.25) is 0 Å². The minimum absolute atomic E-state index is 0.319. The highest BCUT2D eigenvalue weighted by molar-refractivity contribution is 9.09. The van der Waals surface area contributed by atoms with Gasteiger partial charge in [0.1, 0.15) is 5.75 Å². The van der Waals surface area contributed by atoms with Crippen LogP contribution in [0.15, 0.2) is 35.7 Å². The fourth-order valence-corrected chi connectivity index (χ4v) is 3.60. The summed E-state index contributed by atoms with van der Waals surface area (Å²) in [5.41, 5.74) is 2.66. The molecule has 1 atom stereocenters. The van der Waals surface area contributed by atoms with Crippen LogP contribution in [0.3, 0.4) is 0 Å². The molecule has 3 heteroatoms. The smallest absolute Gasteiger partial charge is 0.133 e. The van der Waals surface area contributed by atoms with Gasteiger partial charge in [-0.05, 0) is 30.4 Å². The van der Waals surface area contributed by atoms with E-state index >= 15 is 0 Å². The molecule has 1 aromatic heterocycles. The number of thiophene rings is 1. The van der Waals surface area contributed by atoms with Gasteiger partial charge in [0.2, 0.25) is 0 Å². The molecule has 0 radical (unpaired) electrons. The monoisotopic (exact) mass is 310 g/mol. The molecule has 1 unspecified atom stereocenters. The largest absolute Gasteiger partial charge is 0.496 e. The molecule has 0 saturated carbocycles. The molecule has 0 aliphatic heterocycles. The first-order valence-electron chi connectivity index (χ1n) is 5.51. The summed E-state index contributed by atoms with van der Waals surface area (Å²) in [5.74, 6) is 0.976. The number of alkyl halides is 1. The van der Waals surface area contributed by atoms with Crippen LogP contribution >= 0.6 is 27.3 Å². The van der Waals surface area contributed by atoms with E-state index in [1.807, 2.05) is 6.07 Å². The number of hydrogen-bond donors (Lipinski definition) is 0. The van der Waals surface area contributed by atoms with Crippen LogP contribution in [-0.4, -0.2) is 7.11 Å². The van der Waals surface area contributed by atoms with E-state index in [1.54, 1.807) is 18.4 Å². The van der Waals surface area contributed by atoms with E-state index in [1.165, 1.54) is 16.0 Å². The Labute approximate surface area is 115 Å².